The van der Waals surface area contributed by atoms with Crippen molar-refractivity contribution in [1.29, 1.82) is 0 Å². The highest BCUT2D eigenvalue weighted by Crippen LogP contribution is 2.43. The van der Waals surface area contributed by atoms with Crippen LogP contribution in [0.2, 0.25) is 0 Å². The van der Waals surface area contributed by atoms with Gasteiger partial charge in [0.25, 0.3) is 5.91 Å². The number of thioether (sulfide) groups is 1. The van der Waals surface area contributed by atoms with Crippen molar-refractivity contribution in [2.45, 2.75) is 32.1 Å². The van der Waals surface area contributed by atoms with Crippen molar-refractivity contribution in [1.82, 2.24) is 0 Å². The molecule has 0 aliphatic carbocycles. The van der Waals surface area contributed by atoms with Gasteiger partial charge in [0.2, 0.25) is 5.91 Å². The molecule has 1 atom stereocenters. The average Bonchev–Trinajstić information content (AvgIpc) is 3.16. The fourth-order valence-electron chi connectivity index (χ4n) is 3.84. The van der Waals surface area contributed by atoms with E-state index in [1.54, 1.807) is 11.8 Å². The van der Waals surface area contributed by atoms with Gasteiger partial charge in [-0.05, 0) is 54.8 Å². The molecule has 31 heavy (non-hydrogen) atoms. The molecule has 0 spiro atoms. The van der Waals surface area contributed by atoms with Crippen LogP contribution >= 0.6 is 11.8 Å². The predicted molar refractivity (Wildman–Crippen MR) is 129 cm³/mol. The molecule has 1 heterocycles. The standard InChI is InChI=1S/C26H26N2O2S/c1-3-7-19-8-4-5-11-23(19)28-24(29)17-31-26(28)21-9-6-10-22(16-21)27-25(30)20-14-12-18(2)13-15-20/h4-6,8-16,26H,3,7,17H2,1-2H3,(H,27,30)/t26-/m0/s1. The molecule has 2 amide bonds. The van der Waals surface area contributed by atoms with E-state index < -0.39 is 0 Å². The molecule has 3 aromatic carbocycles. The molecule has 4 rings (SSSR count). The Bertz CT molecular complexity index is 1090. The van der Waals surface area contributed by atoms with E-state index in [0.717, 1.165) is 35.3 Å². The molecule has 0 saturated carbocycles. The highest BCUT2D eigenvalue weighted by molar-refractivity contribution is 8.00. The van der Waals surface area contributed by atoms with Crippen LogP contribution in [0.4, 0.5) is 11.4 Å². The third kappa shape index (κ3) is 4.67. The summed E-state index contributed by atoms with van der Waals surface area (Å²) in [5.41, 5.74) is 5.64. The molecule has 0 unspecified atom stereocenters. The van der Waals surface area contributed by atoms with Crippen LogP contribution in [-0.2, 0) is 11.2 Å². The van der Waals surface area contributed by atoms with Crippen molar-refractivity contribution in [2.24, 2.45) is 0 Å². The summed E-state index contributed by atoms with van der Waals surface area (Å²) < 4.78 is 0. The number of para-hydroxylation sites is 1. The molecule has 3 aromatic rings. The monoisotopic (exact) mass is 430 g/mol. The second-order valence-corrected chi connectivity index (χ2v) is 8.82. The lowest BCUT2D eigenvalue weighted by Gasteiger charge is -2.27. The molecular weight excluding hydrogens is 404 g/mol. The molecule has 1 fully saturated rings. The van der Waals surface area contributed by atoms with Crippen LogP contribution in [0.15, 0.2) is 72.8 Å². The second kappa shape index (κ2) is 9.40. The maximum absolute atomic E-state index is 12.8. The number of anilines is 2. The Morgan fingerprint density at radius 2 is 1.84 bits per heavy atom. The molecular formula is C26H26N2O2S. The molecule has 1 aliphatic heterocycles. The maximum atomic E-state index is 12.8. The van der Waals surface area contributed by atoms with Gasteiger partial charge in [-0.1, -0.05) is 61.4 Å². The van der Waals surface area contributed by atoms with Crippen LogP contribution in [0.3, 0.4) is 0 Å². The summed E-state index contributed by atoms with van der Waals surface area (Å²) in [6.07, 6.45) is 1.96. The third-order valence-corrected chi connectivity index (χ3v) is 6.59. The minimum Gasteiger partial charge on any atom is -0.322 e. The molecule has 4 nitrogen and oxygen atoms in total. The Balaban J connectivity index is 1.60. The topological polar surface area (TPSA) is 49.4 Å². The summed E-state index contributed by atoms with van der Waals surface area (Å²) in [7, 11) is 0. The fourth-order valence-corrected chi connectivity index (χ4v) is 4.99. The smallest absolute Gasteiger partial charge is 0.255 e. The molecule has 0 aromatic heterocycles. The zero-order chi connectivity index (χ0) is 21.8. The van der Waals surface area contributed by atoms with Gasteiger partial charge in [0.1, 0.15) is 5.37 Å². The second-order valence-electron chi connectivity index (χ2n) is 7.75. The minimum atomic E-state index is -0.141. The molecule has 5 heteroatoms. The van der Waals surface area contributed by atoms with E-state index in [4.69, 9.17) is 0 Å². The summed E-state index contributed by atoms with van der Waals surface area (Å²) in [5.74, 6) is 0.426. The van der Waals surface area contributed by atoms with Crippen molar-refractivity contribution < 1.29 is 9.59 Å². The lowest BCUT2D eigenvalue weighted by molar-refractivity contribution is -0.115. The highest BCUT2D eigenvalue weighted by Gasteiger charge is 2.35. The molecule has 158 valence electrons. The van der Waals surface area contributed by atoms with Crippen LogP contribution in [0.1, 0.15) is 45.8 Å². The third-order valence-electron chi connectivity index (χ3n) is 5.38. The number of carbonyl (C=O) groups excluding carboxylic acids is 2. The van der Waals surface area contributed by atoms with Gasteiger partial charge in [-0.15, -0.1) is 11.8 Å². The van der Waals surface area contributed by atoms with Gasteiger partial charge in [0.05, 0.1) is 5.75 Å². The summed E-state index contributed by atoms with van der Waals surface area (Å²) in [5, 5.41) is 2.88. The van der Waals surface area contributed by atoms with Gasteiger partial charge in [0, 0.05) is 16.9 Å². The quantitative estimate of drug-likeness (QED) is 0.523. The van der Waals surface area contributed by atoms with Crippen LogP contribution in [-0.4, -0.2) is 17.6 Å². The van der Waals surface area contributed by atoms with Gasteiger partial charge in [0.15, 0.2) is 0 Å². The zero-order valence-electron chi connectivity index (χ0n) is 17.8. The first-order valence-electron chi connectivity index (χ1n) is 10.6. The number of carbonyl (C=O) groups is 2. The summed E-state index contributed by atoms with van der Waals surface area (Å²) in [6, 6.07) is 23.5. The largest absolute Gasteiger partial charge is 0.322 e. The zero-order valence-corrected chi connectivity index (χ0v) is 18.6. The first-order valence-corrected chi connectivity index (χ1v) is 11.6. The Labute approximate surface area is 187 Å². The van der Waals surface area contributed by atoms with Gasteiger partial charge in [-0.2, -0.15) is 0 Å². The van der Waals surface area contributed by atoms with Crippen molar-refractivity contribution in [3.05, 3.63) is 95.1 Å². The molecule has 1 saturated heterocycles. The number of hydrogen-bond donors (Lipinski definition) is 1. The van der Waals surface area contributed by atoms with Crippen molar-refractivity contribution in [3.63, 3.8) is 0 Å². The Hall–Kier alpha value is -3.05. The number of rotatable bonds is 6. The molecule has 1 N–H and O–H groups in total. The number of nitrogens with zero attached hydrogens (tertiary/aromatic N) is 1. The van der Waals surface area contributed by atoms with E-state index in [9.17, 15) is 9.59 Å². The van der Waals surface area contributed by atoms with Gasteiger partial charge in [-0.25, -0.2) is 0 Å². The Morgan fingerprint density at radius 3 is 2.61 bits per heavy atom. The SMILES string of the molecule is CCCc1ccccc1N1C(=O)CS[C@H]1c1cccc(NC(=O)c2ccc(C)cc2)c1. The van der Waals surface area contributed by atoms with E-state index in [1.165, 1.54) is 5.56 Å². The van der Waals surface area contributed by atoms with E-state index >= 15 is 0 Å². The number of amides is 2. The van der Waals surface area contributed by atoms with Gasteiger partial charge < -0.3 is 5.32 Å². The number of nitrogens with one attached hydrogen (secondary N) is 1. The van der Waals surface area contributed by atoms with Crippen molar-refractivity contribution in [3.8, 4) is 0 Å². The summed E-state index contributed by atoms with van der Waals surface area (Å²) >= 11 is 1.62. The van der Waals surface area contributed by atoms with E-state index in [1.807, 2.05) is 78.6 Å². The van der Waals surface area contributed by atoms with Gasteiger partial charge in [-0.3, -0.25) is 14.5 Å². The fraction of sp³-hybridized carbons (Fsp3) is 0.231. The number of aryl methyl sites for hydroxylation is 2. The van der Waals surface area contributed by atoms with Crippen LogP contribution < -0.4 is 10.2 Å². The number of hydrogen-bond acceptors (Lipinski definition) is 3. The van der Waals surface area contributed by atoms with Crippen LogP contribution in [0, 0.1) is 6.92 Å². The van der Waals surface area contributed by atoms with E-state index in [2.05, 4.69) is 18.3 Å². The normalized spacial score (nSPS) is 15.9. The van der Waals surface area contributed by atoms with Crippen LogP contribution in [0.25, 0.3) is 0 Å². The Morgan fingerprint density at radius 1 is 1.06 bits per heavy atom. The highest BCUT2D eigenvalue weighted by atomic mass is 32.2. The Kier molecular flexibility index (Phi) is 6.42. The summed E-state index contributed by atoms with van der Waals surface area (Å²) in [6.45, 7) is 4.14. The lowest BCUT2D eigenvalue weighted by Crippen LogP contribution is -2.28. The van der Waals surface area contributed by atoms with Crippen molar-refractivity contribution in [2.75, 3.05) is 16.0 Å². The minimum absolute atomic E-state index is 0.110. The van der Waals surface area contributed by atoms with Crippen molar-refractivity contribution >= 4 is 35.0 Å². The van der Waals surface area contributed by atoms with Gasteiger partial charge >= 0.3 is 0 Å². The summed E-state index contributed by atoms with van der Waals surface area (Å²) in [4.78, 5) is 27.4. The molecule has 1 aliphatic rings. The first-order chi connectivity index (χ1) is 15.1. The predicted octanol–water partition coefficient (Wildman–Crippen LogP) is 5.98. The van der Waals surface area contributed by atoms with E-state index in [-0.39, 0.29) is 17.2 Å². The molecule has 0 radical (unpaired) electrons. The maximum Gasteiger partial charge on any atom is 0.255 e. The van der Waals surface area contributed by atoms with Crippen LogP contribution in [0.5, 0.6) is 0 Å². The number of benzene rings is 3. The lowest BCUT2D eigenvalue weighted by atomic mass is 10.1. The first kappa shape index (κ1) is 21.2. The average molecular weight is 431 g/mol. The van der Waals surface area contributed by atoms with E-state index in [0.29, 0.717) is 11.3 Å². The molecule has 0 bridgehead atoms.